The zero-order chi connectivity index (χ0) is 21.0. The Morgan fingerprint density at radius 1 is 0.571 bits per heavy atom. The van der Waals surface area contributed by atoms with Gasteiger partial charge in [0.15, 0.2) is 0 Å². The SMILES string of the molecule is C[P+](Cc1ccccc1)(c1ccccc1)c1ccccc1.F[P-](F)(F)(F)(F)F. The van der Waals surface area contributed by atoms with Crippen molar-refractivity contribution in [2.24, 2.45) is 0 Å². The summed E-state index contributed by atoms with van der Waals surface area (Å²) in [6, 6.07) is 32.8. The van der Waals surface area contributed by atoms with Crippen LogP contribution in [-0.4, -0.2) is 6.66 Å². The molecule has 0 aromatic heterocycles. The van der Waals surface area contributed by atoms with Crippen molar-refractivity contribution in [3.05, 3.63) is 96.6 Å². The van der Waals surface area contributed by atoms with E-state index in [4.69, 9.17) is 0 Å². The Hall–Kier alpha value is -1.90. The van der Waals surface area contributed by atoms with Crippen LogP contribution in [0.4, 0.5) is 25.2 Å². The van der Waals surface area contributed by atoms with Crippen LogP contribution in [0, 0.1) is 0 Å². The number of hydrogen-bond donors (Lipinski definition) is 0. The van der Waals surface area contributed by atoms with Crippen LogP contribution in [0.2, 0.25) is 0 Å². The van der Waals surface area contributed by atoms with Crippen molar-refractivity contribution in [3.8, 4) is 0 Å². The number of halogens is 6. The molecule has 0 saturated carbocycles. The van der Waals surface area contributed by atoms with Gasteiger partial charge in [-0.25, -0.2) is 0 Å². The minimum atomic E-state index is -10.7. The zero-order valence-corrected chi connectivity index (χ0v) is 16.8. The van der Waals surface area contributed by atoms with Crippen LogP contribution in [0.25, 0.3) is 0 Å². The zero-order valence-electron chi connectivity index (χ0n) is 15.0. The fraction of sp³-hybridized carbons (Fsp3) is 0.100. The maximum atomic E-state index is 9.87. The maximum absolute atomic E-state index is 10.7. The minimum absolute atomic E-state index is 1.11. The van der Waals surface area contributed by atoms with Crippen LogP contribution in [0.3, 0.4) is 0 Å². The van der Waals surface area contributed by atoms with Crippen LogP contribution in [0.15, 0.2) is 91.0 Å². The van der Waals surface area contributed by atoms with Crippen molar-refractivity contribution < 1.29 is 25.2 Å². The Labute approximate surface area is 160 Å². The first-order valence-electron chi connectivity index (χ1n) is 8.31. The molecular formula is C20H20F6P2. The van der Waals surface area contributed by atoms with Gasteiger partial charge in [-0.2, -0.15) is 0 Å². The Morgan fingerprint density at radius 2 is 0.857 bits per heavy atom. The van der Waals surface area contributed by atoms with Gasteiger partial charge in [-0.1, -0.05) is 66.7 Å². The van der Waals surface area contributed by atoms with Gasteiger partial charge in [0.25, 0.3) is 0 Å². The molecule has 0 nitrogen and oxygen atoms in total. The van der Waals surface area contributed by atoms with Crippen molar-refractivity contribution >= 4 is 25.7 Å². The quantitative estimate of drug-likeness (QED) is 0.288. The van der Waals surface area contributed by atoms with Gasteiger partial charge in [-0.3, -0.25) is 0 Å². The Kier molecular flexibility index (Phi) is 5.99. The summed E-state index contributed by atoms with van der Waals surface area (Å²) in [5, 5.41) is 2.94. The number of hydrogen-bond acceptors (Lipinski definition) is 0. The first-order valence-corrected chi connectivity index (χ1v) is 12.8. The Bertz CT molecular complexity index is 829. The van der Waals surface area contributed by atoms with Gasteiger partial charge >= 0.3 is 33.0 Å². The van der Waals surface area contributed by atoms with Gasteiger partial charge in [-0.15, -0.1) is 0 Å². The van der Waals surface area contributed by atoms with E-state index in [2.05, 4.69) is 97.7 Å². The topological polar surface area (TPSA) is 0 Å². The molecule has 0 amide bonds. The van der Waals surface area contributed by atoms with Crippen molar-refractivity contribution in [1.29, 1.82) is 0 Å². The molecule has 0 spiro atoms. The van der Waals surface area contributed by atoms with Gasteiger partial charge in [0, 0.05) is 0 Å². The number of benzene rings is 3. The molecule has 3 aromatic rings. The summed E-state index contributed by atoms with van der Waals surface area (Å²) in [5.74, 6) is 0. The molecule has 0 saturated heterocycles. The van der Waals surface area contributed by atoms with Crippen molar-refractivity contribution in [2.75, 3.05) is 6.66 Å². The molecule has 0 atom stereocenters. The Morgan fingerprint density at radius 3 is 1.18 bits per heavy atom. The predicted octanol–water partition coefficient (Wildman–Crippen LogP) is 7.87. The van der Waals surface area contributed by atoms with Crippen LogP contribution >= 0.6 is 15.1 Å². The van der Waals surface area contributed by atoms with Crippen LogP contribution < -0.4 is 10.6 Å². The summed E-state index contributed by atoms with van der Waals surface area (Å²) in [7, 11) is -12.1. The van der Waals surface area contributed by atoms with Crippen LogP contribution in [0.1, 0.15) is 5.56 Å². The summed E-state index contributed by atoms with van der Waals surface area (Å²) >= 11 is 0. The summed E-state index contributed by atoms with van der Waals surface area (Å²) in [6.07, 6.45) is 1.11. The van der Waals surface area contributed by atoms with E-state index in [0.717, 1.165) is 6.16 Å². The van der Waals surface area contributed by atoms with E-state index in [0.29, 0.717) is 0 Å². The first-order chi connectivity index (χ1) is 12.7. The molecule has 0 fully saturated rings. The van der Waals surface area contributed by atoms with Gasteiger partial charge in [0.2, 0.25) is 0 Å². The fourth-order valence-electron chi connectivity index (χ4n) is 2.79. The van der Waals surface area contributed by atoms with E-state index in [1.165, 1.54) is 16.2 Å². The van der Waals surface area contributed by atoms with Crippen molar-refractivity contribution in [1.82, 2.24) is 0 Å². The summed E-state index contributed by atoms with van der Waals surface area (Å²) < 4.78 is 59.2. The first kappa shape index (κ1) is 22.4. The van der Waals surface area contributed by atoms with E-state index in [1.54, 1.807) is 0 Å². The molecular weight excluding hydrogens is 416 g/mol. The molecule has 3 rings (SSSR count). The van der Waals surface area contributed by atoms with E-state index < -0.39 is 15.1 Å². The second-order valence-corrected chi connectivity index (χ2v) is 12.1. The van der Waals surface area contributed by atoms with E-state index in [1.807, 2.05) is 0 Å². The third-order valence-electron chi connectivity index (χ3n) is 3.99. The molecule has 0 heterocycles. The van der Waals surface area contributed by atoms with Crippen molar-refractivity contribution in [3.63, 3.8) is 0 Å². The van der Waals surface area contributed by atoms with Crippen LogP contribution in [-0.2, 0) is 6.16 Å². The molecule has 3 aromatic carbocycles. The predicted molar refractivity (Wildman–Crippen MR) is 109 cm³/mol. The average Bonchev–Trinajstić information content (AvgIpc) is 2.61. The van der Waals surface area contributed by atoms with Gasteiger partial charge in [0.1, 0.15) is 0 Å². The van der Waals surface area contributed by atoms with Gasteiger partial charge in [-0.05, 0) is 29.8 Å². The standard InChI is InChI=1S/C20H20P.F6P/c1-21(19-13-7-3-8-14-19,20-15-9-4-10-16-20)17-18-11-5-2-6-12-18;1-7(2,3,4,5)6/h2-16H,17H2,1H3;/q+1;-1. The molecule has 0 aliphatic rings. The molecule has 0 bridgehead atoms. The monoisotopic (exact) mass is 436 g/mol. The summed E-state index contributed by atoms with van der Waals surface area (Å²) in [6.45, 7) is 2.45. The molecule has 8 heteroatoms. The van der Waals surface area contributed by atoms with E-state index in [9.17, 15) is 25.2 Å². The van der Waals surface area contributed by atoms with Crippen molar-refractivity contribution in [2.45, 2.75) is 6.16 Å². The van der Waals surface area contributed by atoms with Gasteiger partial charge in [0.05, 0.1) is 30.7 Å². The average molecular weight is 436 g/mol. The van der Waals surface area contributed by atoms with E-state index >= 15 is 0 Å². The molecule has 152 valence electrons. The molecule has 0 radical (unpaired) electrons. The Balaban J connectivity index is 0.000000345. The fourth-order valence-corrected chi connectivity index (χ4v) is 6.06. The second-order valence-electron chi connectivity index (χ2n) is 6.46. The van der Waals surface area contributed by atoms with Crippen LogP contribution in [0.5, 0.6) is 0 Å². The second kappa shape index (κ2) is 7.50. The molecule has 0 aliphatic heterocycles. The molecule has 0 aliphatic carbocycles. The molecule has 28 heavy (non-hydrogen) atoms. The van der Waals surface area contributed by atoms with Gasteiger partial charge < -0.3 is 0 Å². The summed E-state index contributed by atoms with van der Waals surface area (Å²) in [5.41, 5.74) is 1.42. The third-order valence-corrected chi connectivity index (χ3v) is 7.87. The number of rotatable bonds is 4. The summed E-state index contributed by atoms with van der Waals surface area (Å²) in [4.78, 5) is 0. The molecule has 0 unspecified atom stereocenters. The normalized spacial score (nSPS) is 14.2. The molecule has 0 N–H and O–H groups in total. The van der Waals surface area contributed by atoms with E-state index in [-0.39, 0.29) is 0 Å². The third kappa shape index (κ3) is 8.41.